The zero-order valence-corrected chi connectivity index (χ0v) is 19.1. The van der Waals surface area contributed by atoms with Gasteiger partial charge in [0.05, 0.1) is 0 Å². The van der Waals surface area contributed by atoms with Crippen molar-refractivity contribution in [2.75, 3.05) is 6.61 Å². The van der Waals surface area contributed by atoms with Crippen LogP contribution in [0.25, 0.3) is 0 Å². The third-order valence-electron chi connectivity index (χ3n) is 5.13. The number of carbonyl (C=O) groups excluding carboxylic acids is 2. The number of nitrogens with one attached hydrogen (secondary N) is 1. The molecule has 0 fully saturated rings. The monoisotopic (exact) mass is 430 g/mol. The van der Waals surface area contributed by atoms with Crippen LogP contribution in [-0.4, -0.2) is 35.4 Å². The molecule has 30 heavy (non-hydrogen) atoms. The maximum Gasteiger partial charge on any atom is 0.261 e. The molecule has 0 saturated heterocycles. The number of hydrogen-bond acceptors (Lipinski definition) is 3. The number of amides is 2. The van der Waals surface area contributed by atoms with Gasteiger partial charge in [0.25, 0.3) is 5.91 Å². The first kappa shape index (κ1) is 23.7. The van der Waals surface area contributed by atoms with Crippen LogP contribution in [0.3, 0.4) is 0 Å². The fraction of sp³-hybridized carbons (Fsp3) is 0.417. The molecule has 2 aromatic rings. The van der Waals surface area contributed by atoms with Crippen LogP contribution in [0.4, 0.5) is 0 Å². The Morgan fingerprint density at radius 2 is 1.77 bits per heavy atom. The predicted molar refractivity (Wildman–Crippen MR) is 121 cm³/mol. The van der Waals surface area contributed by atoms with Crippen molar-refractivity contribution < 1.29 is 14.3 Å². The lowest BCUT2D eigenvalue weighted by molar-refractivity contribution is -0.142. The number of aryl methyl sites for hydroxylation is 2. The molecule has 2 amide bonds. The van der Waals surface area contributed by atoms with Crippen molar-refractivity contribution in [2.24, 2.45) is 0 Å². The molecule has 0 saturated carbocycles. The highest BCUT2D eigenvalue weighted by molar-refractivity contribution is 6.31. The molecular weight excluding hydrogens is 400 g/mol. The van der Waals surface area contributed by atoms with Gasteiger partial charge in [0, 0.05) is 17.6 Å². The lowest BCUT2D eigenvalue weighted by Crippen LogP contribution is -2.50. The highest BCUT2D eigenvalue weighted by Crippen LogP contribution is 2.21. The summed E-state index contributed by atoms with van der Waals surface area (Å²) in [6.45, 7) is 9.76. The van der Waals surface area contributed by atoms with E-state index in [4.69, 9.17) is 16.3 Å². The van der Waals surface area contributed by atoms with Gasteiger partial charge in [-0.3, -0.25) is 9.59 Å². The smallest absolute Gasteiger partial charge is 0.261 e. The number of benzene rings is 2. The third-order valence-corrected chi connectivity index (χ3v) is 5.56. The molecule has 2 aromatic carbocycles. The van der Waals surface area contributed by atoms with E-state index in [9.17, 15) is 9.59 Å². The van der Waals surface area contributed by atoms with Gasteiger partial charge in [-0.15, -0.1) is 0 Å². The summed E-state index contributed by atoms with van der Waals surface area (Å²) in [6, 6.07) is 12.6. The zero-order chi connectivity index (χ0) is 22.3. The van der Waals surface area contributed by atoms with Gasteiger partial charge in [-0.25, -0.2) is 0 Å². The summed E-state index contributed by atoms with van der Waals surface area (Å²) in [5.74, 6) is 0.138. The zero-order valence-electron chi connectivity index (χ0n) is 18.4. The molecule has 2 rings (SSSR count). The molecule has 0 aliphatic heterocycles. The van der Waals surface area contributed by atoms with Crippen LogP contribution in [0.15, 0.2) is 42.5 Å². The van der Waals surface area contributed by atoms with Crippen molar-refractivity contribution in [3.8, 4) is 5.75 Å². The quantitative estimate of drug-likeness (QED) is 0.629. The van der Waals surface area contributed by atoms with Crippen LogP contribution in [0.2, 0.25) is 5.02 Å². The minimum absolute atomic E-state index is 0.0459. The lowest BCUT2D eigenvalue weighted by Gasteiger charge is -2.29. The van der Waals surface area contributed by atoms with Crippen molar-refractivity contribution in [1.82, 2.24) is 10.2 Å². The maximum atomic E-state index is 13.0. The molecule has 0 unspecified atom stereocenters. The van der Waals surface area contributed by atoms with Gasteiger partial charge in [0.1, 0.15) is 11.8 Å². The number of halogens is 1. The summed E-state index contributed by atoms with van der Waals surface area (Å²) in [5, 5.41) is 3.60. The highest BCUT2D eigenvalue weighted by Gasteiger charge is 2.27. The van der Waals surface area contributed by atoms with Gasteiger partial charge in [0.2, 0.25) is 5.91 Å². The summed E-state index contributed by atoms with van der Waals surface area (Å²) in [7, 11) is 0. The molecule has 1 N–H and O–H groups in total. The Hall–Kier alpha value is -2.53. The molecule has 2 atom stereocenters. The van der Waals surface area contributed by atoms with Gasteiger partial charge < -0.3 is 15.0 Å². The van der Waals surface area contributed by atoms with Crippen LogP contribution in [0, 0.1) is 13.8 Å². The van der Waals surface area contributed by atoms with Gasteiger partial charge in [0.15, 0.2) is 6.61 Å². The van der Waals surface area contributed by atoms with Crippen LogP contribution in [0.1, 0.15) is 43.9 Å². The molecule has 0 bridgehead atoms. The summed E-state index contributed by atoms with van der Waals surface area (Å²) in [4.78, 5) is 27.3. The minimum atomic E-state index is -0.622. The van der Waals surface area contributed by atoms with E-state index in [0.29, 0.717) is 17.3 Å². The molecule has 0 aliphatic rings. The number of carbonyl (C=O) groups is 2. The SMILES string of the molecule is CC[C@@H](C)NC(=O)[C@H](C)N(Cc1ccc(C)cc1)C(=O)COc1ccc(Cl)c(C)c1. The highest BCUT2D eigenvalue weighted by atomic mass is 35.5. The molecule has 0 aliphatic carbocycles. The van der Waals surface area contributed by atoms with Gasteiger partial charge >= 0.3 is 0 Å². The molecular formula is C24H31ClN2O3. The maximum absolute atomic E-state index is 13.0. The van der Waals surface area contributed by atoms with E-state index in [2.05, 4.69) is 5.32 Å². The van der Waals surface area contributed by atoms with Gasteiger partial charge in [-0.1, -0.05) is 48.4 Å². The molecule has 0 heterocycles. The number of rotatable bonds is 9. The van der Waals surface area contributed by atoms with Gasteiger partial charge in [-0.2, -0.15) is 0 Å². The second kappa shape index (κ2) is 11.0. The fourth-order valence-corrected chi connectivity index (χ4v) is 2.99. The Kier molecular flexibility index (Phi) is 8.72. The first-order chi connectivity index (χ1) is 14.2. The van der Waals surface area contributed by atoms with E-state index in [1.165, 1.54) is 0 Å². The van der Waals surface area contributed by atoms with E-state index < -0.39 is 6.04 Å². The second-order valence-electron chi connectivity index (χ2n) is 7.70. The molecule has 6 heteroatoms. The average molecular weight is 431 g/mol. The summed E-state index contributed by atoms with van der Waals surface area (Å²) in [5.41, 5.74) is 2.97. The first-order valence-corrected chi connectivity index (χ1v) is 10.6. The topological polar surface area (TPSA) is 58.6 Å². The number of ether oxygens (including phenoxy) is 1. The van der Waals surface area contributed by atoms with Crippen LogP contribution in [0.5, 0.6) is 5.75 Å². The van der Waals surface area contributed by atoms with Crippen molar-refractivity contribution in [3.63, 3.8) is 0 Å². The summed E-state index contributed by atoms with van der Waals surface area (Å²) < 4.78 is 5.69. The van der Waals surface area contributed by atoms with Crippen molar-refractivity contribution >= 4 is 23.4 Å². The fourth-order valence-electron chi connectivity index (χ4n) is 2.87. The van der Waals surface area contributed by atoms with E-state index in [1.807, 2.05) is 52.0 Å². The molecule has 0 spiro atoms. The Labute approximate surface area is 184 Å². The van der Waals surface area contributed by atoms with Gasteiger partial charge in [-0.05, 0) is 63.4 Å². The van der Waals surface area contributed by atoms with E-state index in [0.717, 1.165) is 23.1 Å². The van der Waals surface area contributed by atoms with E-state index in [-0.39, 0.29) is 24.5 Å². The van der Waals surface area contributed by atoms with Crippen molar-refractivity contribution in [3.05, 3.63) is 64.2 Å². The summed E-state index contributed by atoms with van der Waals surface area (Å²) >= 11 is 6.05. The molecule has 162 valence electrons. The van der Waals surface area contributed by atoms with Crippen LogP contribution in [-0.2, 0) is 16.1 Å². The largest absolute Gasteiger partial charge is 0.484 e. The minimum Gasteiger partial charge on any atom is -0.484 e. The lowest BCUT2D eigenvalue weighted by atomic mass is 10.1. The first-order valence-electron chi connectivity index (χ1n) is 10.3. The Balaban J connectivity index is 2.15. The average Bonchev–Trinajstić information content (AvgIpc) is 2.73. The van der Waals surface area contributed by atoms with E-state index >= 15 is 0 Å². The normalized spacial score (nSPS) is 12.7. The van der Waals surface area contributed by atoms with Crippen LogP contribution >= 0.6 is 11.6 Å². The Morgan fingerprint density at radius 1 is 1.10 bits per heavy atom. The number of nitrogens with zero attached hydrogens (tertiary/aromatic N) is 1. The van der Waals surface area contributed by atoms with Crippen molar-refractivity contribution in [2.45, 2.75) is 59.7 Å². The molecule has 5 nitrogen and oxygen atoms in total. The standard InChI is InChI=1S/C24H31ClN2O3/c1-6-18(4)26-24(29)19(5)27(14-20-9-7-16(2)8-10-20)23(28)15-30-21-11-12-22(25)17(3)13-21/h7-13,18-19H,6,14-15H2,1-5H3,(H,26,29)/t18-,19+/m1/s1. The van der Waals surface area contributed by atoms with Crippen LogP contribution < -0.4 is 10.1 Å². The third kappa shape index (κ3) is 6.77. The Bertz CT molecular complexity index is 867. The van der Waals surface area contributed by atoms with E-state index in [1.54, 1.807) is 30.0 Å². The molecule has 0 radical (unpaired) electrons. The predicted octanol–water partition coefficient (Wildman–Crippen LogP) is 4.67. The second-order valence-corrected chi connectivity index (χ2v) is 8.11. The Morgan fingerprint density at radius 3 is 2.37 bits per heavy atom. The molecule has 0 aromatic heterocycles. The number of hydrogen-bond donors (Lipinski definition) is 1. The van der Waals surface area contributed by atoms with Crippen molar-refractivity contribution in [1.29, 1.82) is 0 Å². The summed E-state index contributed by atoms with van der Waals surface area (Å²) in [6.07, 6.45) is 0.823.